The van der Waals surface area contributed by atoms with Crippen molar-refractivity contribution < 1.29 is 4.74 Å². The van der Waals surface area contributed by atoms with Crippen molar-refractivity contribution in [1.82, 2.24) is 4.90 Å². The Bertz CT molecular complexity index is 455. The molecule has 2 heterocycles. The molecular weight excluding hydrogens is 200 g/mol. The molecule has 0 radical (unpaired) electrons. The number of rotatable bonds is 0. The summed E-state index contributed by atoms with van der Waals surface area (Å²) in [4.78, 5) is 6.95. The Hall–Kier alpha value is -1.35. The quantitative estimate of drug-likeness (QED) is 0.662. The smallest absolute Gasteiger partial charge is 0.200 e. The lowest BCUT2D eigenvalue weighted by Crippen LogP contribution is -2.36. The van der Waals surface area contributed by atoms with Crippen LogP contribution in [0.15, 0.2) is 29.3 Å². The Morgan fingerprint density at radius 3 is 2.88 bits per heavy atom. The van der Waals surface area contributed by atoms with Gasteiger partial charge >= 0.3 is 0 Å². The van der Waals surface area contributed by atoms with Crippen LogP contribution >= 0.6 is 0 Å². The van der Waals surface area contributed by atoms with Gasteiger partial charge in [-0.2, -0.15) is 0 Å². The maximum absolute atomic E-state index is 5.50. The fraction of sp³-hybridized carbons (Fsp3) is 0.462. The highest BCUT2D eigenvalue weighted by Gasteiger charge is 2.48. The molecule has 0 aromatic heterocycles. The highest BCUT2D eigenvalue weighted by Crippen LogP contribution is 2.45. The number of para-hydroxylation sites is 1. The zero-order valence-corrected chi connectivity index (χ0v) is 9.73. The molecular formula is C13H16N2O. The Labute approximate surface area is 95.7 Å². The van der Waals surface area contributed by atoms with E-state index in [1.807, 2.05) is 6.07 Å². The summed E-state index contributed by atoms with van der Waals surface area (Å²) in [6.07, 6.45) is 1.10. The monoisotopic (exact) mass is 216 g/mol. The van der Waals surface area contributed by atoms with E-state index >= 15 is 0 Å². The highest BCUT2D eigenvalue weighted by atomic mass is 16.5. The van der Waals surface area contributed by atoms with Crippen LogP contribution in [0.3, 0.4) is 0 Å². The van der Waals surface area contributed by atoms with Gasteiger partial charge < -0.3 is 9.64 Å². The van der Waals surface area contributed by atoms with E-state index in [0.717, 1.165) is 31.1 Å². The summed E-state index contributed by atoms with van der Waals surface area (Å²) < 4.78 is 5.50. The van der Waals surface area contributed by atoms with Crippen LogP contribution in [0.25, 0.3) is 0 Å². The molecule has 2 aliphatic heterocycles. The van der Waals surface area contributed by atoms with Gasteiger partial charge in [-0.05, 0) is 31.6 Å². The van der Waals surface area contributed by atoms with E-state index in [4.69, 9.17) is 4.74 Å². The number of nitrogens with zero attached hydrogens (tertiary/aromatic N) is 2. The largest absolute Gasteiger partial charge is 0.483 e. The molecule has 1 aromatic carbocycles. The third-order valence-electron chi connectivity index (χ3n) is 3.70. The molecule has 0 unspecified atom stereocenters. The second kappa shape index (κ2) is 3.32. The predicted molar refractivity (Wildman–Crippen MR) is 64.3 cm³/mol. The minimum Gasteiger partial charge on any atom is -0.483 e. The molecule has 1 saturated heterocycles. The summed E-state index contributed by atoms with van der Waals surface area (Å²) in [7, 11) is 3.88. The molecule has 0 bridgehead atoms. The SMILES string of the molecule is COC1=Nc2ccccc2[C@]12CCN(C)C2. The number of methoxy groups -OCH3 is 1. The second-order valence-electron chi connectivity index (χ2n) is 4.71. The number of ether oxygens (including phenoxy) is 1. The van der Waals surface area contributed by atoms with Crippen LogP contribution < -0.4 is 0 Å². The fourth-order valence-electron chi connectivity index (χ4n) is 2.94. The molecule has 0 amide bonds. The molecule has 0 N–H and O–H groups in total. The number of aliphatic imine (C=N–C) groups is 1. The maximum Gasteiger partial charge on any atom is 0.200 e. The minimum absolute atomic E-state index is 0.0140. The second-order valence-corrected chi connectivity index (χ2v) is 4.71. The third kappa shape index (κ3) is 1.15. The first-order valence-corrected chi connectivity index (χ1v) is 5.67. The van der Waals surface area contributed by atoms with Crippen molar-refractivity contribution >= 4 is 11.6 Å². The van der Waals surface area contributed by atoms with Crippen molar-refractivity contribution in [3.05, 3.63) is 29.8 Å². The van der Waals surface area contributed by atoms with Gasteiger partial charge in [0, 0.05) is 6.54 Å². The first kappa shape index (κ1) is 9.85. The number of hydrogen-bond donors (Lipinski definition) is 0. The lowest BCUT2D eigenvalue weighted by molar-refractivity contribution is 0.340. The summed E-state index contributed by atoms with van der Waals surface area (Å²) in [6, 6.07) is 8.38. The zero-order chi connectivity index (χ0) is 11.2. The van der Waals surface area contributed by atoms with E-state index in [0.29, 0.717) is 0 Å². The summed E-state index contributed by atoms with van der Waals surface area (Å²) in [5.41, 5.74) is 2.42. The molecule has 1 aromatic rings. The summed E-state index contributed by atoms with van der Waals surface area (Å²) in [6.45, 7) is 2.12. The number of fused-ring (bicyclic) bond motifs is 2. The molecule has 1 atom stereocenters. The lowest BCUT2D eigenvalue weighted by atomic mass is 9.80. The average Bonchev–Trinajstić information content (AvgIpc) is 2.83. The van der Waals surface area contributed by atoms with Crippen LogP contribution in [-0.4, -0.2) is 38.0 Å². The van der Waals surface area contributed by atoms with Gasteiger partial charge in [0.1, 0.15) is 0 Å². The maximum atomic E-state index is 5.50. The van der Waals surface area contributed by atoms with Gasteiger partial charge in [-0.3, -0.25) is 0 Å². The van der Waals surface area contributed by atoms with Gasteiger partial charge in [0.05, 0.1) is 18.2 Å². The van der Waals surface area contributed by atoms with Gasteiger partial charge in [-0.1, -0.05) is 18.2 Å². The Morgan fingerprint density at radius 1 is 1.38 bits per heavy atom. The van der Waals surface area contributed by atoms with E-state index in [1.165, 1.54) is 5.56 Å². The zero-order valence-electron chi connectivity index (χ0n) is 9.73. The van der Waals surface area contributed by atoms with Crippen LogP contribution in [0, 0.1) is 0 Å². The molecule has 1 fully saturated rings. The highest BCUT2D eigenvalue weighted by molar-refractivity contribution is 5.97. The van der Waals surface area contributed by atoms with Crippen molar-refractivity contribution in [3.63, 3.8) is 0 Å². The van der Waals surface area contributed by atoms with Crippen LogP contribution in [0.2, 0.25) is 0 Å². The van der Waals surface area contributed by atoms with Gasteiger partial charge in [-0.15, -0.1) is 0 Å². The van der Waals surface area contributed by atoms with E-state index in [-0.39, 0.29) is 5.41 Å². The molecule has 0 saturated carbocycles. The topological polar surface area (TPSA) is 24.8 Å². The normalized spacial score (nSPS) is 28.2. The molecule has 0 aliphatic carbocycles. The van der Waals surface area contributed by atoms with Crippen molar-refractivity contribution in [2.45, 2.75) is 11.8 Å². The van der Waals surface area contributed by atoms with E-state index in [2.05, 4.69) is 35.1 Å². The van der Waals surface area contributed by atoms with Gasteiger partial charge in [-0.25, -0.2) is 4.99 Å². The van der Waals surface area contributed by atoms with Gasteiger partial charge in [0.2, 0.25) is 5.90 Å². The average molecular weight is 216 g/mol. The number of benzene rings is 1. The van der Waals surface area contributed by atoms with E-state index < -0.39 is 0 Å². The van der Waals surface area contributed by atoms with Gasteiger partial charge in [0.15, 0.2) is 0 Å². The van der Waals surface area contributed by atoms with Crippen LogP contribution in [0.4, 0.5) is 5.69 Å². The first-order valence-electron chi connectivity index (χ1n) is 5.67. The Morgan fingerprint density at radius 2 is 2.19 bits per heavy atom. The van der Waals surface area contributed by atoms with Crippen molar-refractivity contribution in [3.8, 4) is 0 Å². The van der Waals surface area contributed by atoms with Crippen molar-refractivity contribution in [2.75, 3.05) is 27.2 Å². The number of likely N-dealkylation sites (tertiary alicyclic amines) is 1. The molecule has 3 nitrogen and oxygen atoms in total. The van der Waals surface area contributed by atoms with Crippen LogP contribution in [-0.2, 0) is 10.2 Å². The van der Waals surface area contributed by atoms with E-state index in [9.17, 15) is 0 Å². The summed E-state index contributed by atoms with van der Waals surface area (Å²) in [5.74, 6) is 0.887. The molecule has 16 heavy (non-hydrogen) atoms. The first-order chi connectivity index (χ1) is 7.76. The molecule has 1 spiro atoms. The summed E-state index contributed by atoms with van der Waals surface area (Å²) >= 11 is 0. The molecule has 2 aliphatic rings. The fourth-order valence-corrected chi connectivity index (χ4v) is 2.94. The van der Waals surface area contributed by atoms with Crippen LogP contribution in [0.1, 0.15) is 12.0 Å². The van der Waals surface area contributed by atoms with Gasteiger partial charge in [0.25, 0.3) is 0 Å². The standard InChI is InChI=1S/C13H16N2O/c1-15-8-7-13(9-15)10-5-3-4-6-11(10)14-12(13)16-2/h3-6H,7-9H2,1-2H3/t13-/m1/s1. The molecule has 3 heteroatoms. The van der Waals surface area contributed by atoms with E-state index in [1.54, 1.807) is 7.11 Å². The third-order valence-corrected chi connectivity index (χ3v) is 3.70. The predicted octanol–water partition coefficient (Wildman–Crippen LogP) is 1.95. The number of hydrogen-bond acceptors (Lipinski definition) is 3. The molecule has 3 rings (SSSR count). The summed E-state index contributed by atoms with van der Waals surface area (Å²) in [5, 5.41) is 0. The van der Waals surface area contributed by atoms with Crippen molar-refractivity contribution in [1.29, 1.82) is 0 Å². The Balaban J connectivity index is 2.13. The number of likely N-dealkylation sites (N-methyl/N-ethyl adjacent to an activating group) is 1. The van der Waals surface area contributed by atoms with Crippen molar-refractivity contribution in [2.24, 2.45) is 4.99 Å². The van der Waals surface area contributed by atoms with Crippen LogP contribution in [0.5, 0.6) is 0 Å². The molecule has 84 valence electrons. The minimum atomic E-state index is 0.0140. The lowest BCUT2D eigenvalue weighted by Gasteiger charge is -2.25. The Kier molecular flexibility index (Phi) is 2.04.